The van der Waals surface area contributed by atoms with Gasteiger partial charge in [0.1, 0.15) is 11.3 Å². The van der Waals surface area contributed by atoms with Crippen LogP contribution in [-0.2, 0) is 19.0 Å². The third-order valence-corrected chi connectivity index (χ3v) is 4.79. The van der Waals surface area contributed by atoms with Gasteiger partial charge in [-0.05, 0) is 23.8 Å². The Hall–Kier alpha value is -3.84. The van der Waals surface area contributed by atoms with E-state index in [0.717, 1.165) is 0 Å². The highest BCUT2D eigenvalue weighted by Gasteiger charge is 2.52. The molecule has 13 heteroatoms. The summed E-state index contributed by atoms with van der Waals surface area (Å²) in [6, 6.07) is 14.4. The molecule has 3 aromatic rings. The van der Waals surface area contributed by atoms with E-state index in [2.05, 4.69) is 20.8 Å². The molecule has 1 heterocycles. The van der Waals surface area contributed by atoms with Gasteiger partial charge in [0.15, 0.2) is 0 Å². The summed E-state index contributed by atoms with van der Waals surface area (Å²) >= 11 is 0. The van der Waals surface area contributed by atoms with Gasteiger partial charge in [0.2, 0.25) is 0 Å². The fourth-order valence-electron chi connectivity index (χ4n) is 3.09. The van der Waals surface area contributed by atoms with E-state index < -0.39 is 56.2 Å². The first-order valence-corrected chi connectivity index (χ1v) is 10.9. The molecule has 2 aromatic carbocycles. The summed E-state index contributed by atoms with van der Waals surface area (Å²) in [5, 5.41) is 0.501. The molecule has 0 saturated carbocycles. The summed E-state index contributed by atoms with van der Waals surface area (Å²) < 4.78 is 103. The molecule has 0 fully saturated rings. The summed E-state index contributed by atoms with van der Waals surface area (Å²) in [7, 11) is 0. The number of fused-ring (bicyclic) bond motifs is 1. The van der Waals surface area contributed by atoms with Crippen molar-refractivity contribution < 1.29 is 54.5 Å². The average molecular weight is 546 g/mol. The summed E-state index contributed by atoms with van der Waals surface area (Å²) in [6.45, 7) is 1.08. The molecule has 0 spiro atoms. The lowest BCUT2D eigenvalue weighted by Crippen LogP contribution is -2.41. The summed E-state index contributed by atoms with van der Waals surface area (Å²) in [5.41, 5.74) is 0.352. The first-order valence-electron chi connectivity index (χ1n) is 10.9. The molecule has 0 aliphatic heterocycles. The SMILES string of the molecule is C=CC(=O)OCCC(F)(F)OC(F)(F)OC(F)(F)CCOc1ccc2cc(-c3ccccc3)c(=O)oc2c1. The van der Waals surface area contributed by atoms with E-state index in [1.165, 1.54) is 18.2 Å². The summed E-state index contributed by atoms with van der Waals surface area (Å²) in [4.78, 5) is 23.1. The van der Waals surface area contributed by atoms with E-state index in [-0.39, 0.29) is 11.3 Å². The van der Waals surface area contributed by atoms with Crippen LogP contribution in [0.25, 0.3) is 22.1 Å². The van der Waals surface area contributed by atoms with Crippen molar-refractivity contribution in [1.82, 2.24) is 0 Å². The third kappa shape index (κ3) is 8.35. The standard InChI is InChI=1S/C25H20F6O7/c1-2-21(32)35-13-11-24(28,29)38-25(30,31)37-23(26,27)10-12-34-18-9-8-17-14-19(16-6-4-3-5-7-16)22(33)36-20(17)15-18/h2-9,14-15H,1,10-13H2. The predicted octanol–water partition coefficient (Wildman–Crippen LogP) is 6.12. The quantitative estimate of drug-likeness (QED) is 0.0840. The second kappa shape index (κ2) is 11.7. The number of hydrogen-bond donors (Lipinski definition) is 0. The Labute approximate surface area is 211 Å². The second-order valence-corrected chi connectivity index (χ2v) is 7.68. The van der Waals surface area contributed by atoms with Crippen LogP contribution in [-0.4, -0.2) is 37.7 Å². The Balaban J connectivity index is 1.56. The Morgan fingerprint density at radius 3 is 2.16 bits per heavy atom. The molecule has 3 rings (SSSR count). The fourth-order valence-corrected chi connectivity index (χ4v) is 3.09. The van der Waals surface area contributed by atoms with Crippen LogP contribution < -0.4 is 10.4 Å². The van der Waals surface area contributed by atoms with Gasteiger partial charge in [-0.2, -0.15) is 17.6 Å². The van der Waals surface area contributed by atoms with Crippen LogP contribution in [0.15, 0.2) is 76.5 Å². The Kier molecular flexibility index (Phi) is 8.84. The Morgan fingerprint density at radius 1 is 0.895 bits per heavy atom. The van der Waals surface area contributed by atoms with Gasteiger partial charge in [-0.25, -0.2) is 19.1 Å². The van der Waals surface area contributed by atoms with Gasteiger partial charge in [0, 0.05) is 17.5 Å². The molecular weight excluding hydrogens is 526 g/mol. The van der Waals surface area contributed by atoms with Gasteiger partial charge in [-0.3, -0.25) is 0 Å². The minimum atomic E-state index is -5.39. The van der Waals surface area contributed by atoms with Crippen molar-refractivity contribution in [2.75, 3.05) is 13.2 Å². The molecule has 0 atom stereocenters. The van der Waals surface area contributed by atoms with Crippen LogP contribution in [0.3, 0.4) is 0 Å². The van der Waals surface area contributed by atoms with E-state index in [0.29, 0.717) is 22.6 Å². The van der Waals surface area contributed by atoms with Crippen molar-refractivity contribution in [3.8, 4) is 16.9 Å². The van der Waals surface area contributed by atoms with E-state index in [1.54, 1.807) is 36.4 Å². The van der Waals surface area contributed by atoms with E-state index in [1.807, 2.05) is 0 Å². The van der Waals surface area contributed by atoms with Gasteiger partial charge < -0.3 is 13.9 Å². The molecule has 0 bridgehead atoms. The van der Waals surface area contributed by atoms with Crippen molar-refractivity contribution >= 4 is 16.9 Å². The maximum atomic E-state index is 13.9. The molecule has 0 unspecified atom stereocenters. The highest BCUT2D eigenvalue weighted by Crippen LogP contribution is 2.36. The molecule has 0 saturated heterocycles. The van der Waals surface area contributed by atoms with Crippen LogP contribution in [0.5, 0.6) is 5.75 Å². The molecule has 0 aliphatic carbocycles. The van der Waals surface area contributed by atoms with Crippen molar-refractivity contribution in [1.29, 1.82) is 0 Å². The molecule has 0 amide bonds. The molecular formula is C25H20F6O7. The largest absolute Gasteiger partial charge is 0.494 e. The average Bonchev–Trinajstić information content (AvgIpc) is 2.82. The number of ether oxygens (including phenoxy) is 4. The number of benzene rings is 2. The van der Waals surface area contributed by atoms with Gasteiger partial charge in [0.05, 0.1) is 31.6 Å². The predicted molar refractivity (Wildman–Crippen MR) is 121 cm³/mol. The van der Waals surface area contributed by atoms with Crippen LogP contribution in [0.2, 0.25) is 0 Å². The third-order valence-electron chi connectivity index (χ3n) is 4.79. The van der Waals surface area contributed by atoms with E-state index in [4.69, 9.17) is 9.15 Å². The van der Waals surface area contributed by atoms with Crippen LogP contribution >= 0.6 is 0 Å². The highest BCUT2D eigenvalue weighted by molar-refractivity contribution is 5.82. The Bertz CT molecular complexity index is 1320. The van der Waals surface area contributed by atoms with Crippen LogP contribution in [0, 0.1) is 0 Å². The smallest absolute Gasteiger partial charge is 0.493 e. The number of halogens is 6. The van der Waals surface area contributed by atoms with Gasteiger partial charge in [0.25, 0.3) is 0 Å². The number of hydrogen-bond acceptors (Lipinski definition) is 7. The fraction of sp³-hybridized carbons (Fsp3) is 0.280. The van der Waals surface area contributed by atoms with Gasteiger partial charge >= 0.3 is 30.1 Å². The number of esters is 1. The molecule has 7 nitrogen and oxygen atoms in total. The maximum Gasteiger partial charge on any atom is 0.494 e. The second-order valence-electron chi connectivity index (χ2n) is 7.68. The topological polar surface area (TPSA) is 84.2 Å². The maximum absolute atomic E-state index is 13.9. The monoisotopic (exact) mass is 546 g/mol. The lowest BCUT2D eigenvalue weighted by Gasteiger charge is -2.26. The van der Waals surface area contributed by atoms with Crippen molar-refractivity contribution in [2.24, 2.45) is 0 Å². The molecule has 0 radical (unpaired) electrons. The zero-order chi connectivity index (χ0) is 28.0. The van der Waals surface area contributed by atoms with E-state index >= 15 is 0 Å². The lowest BCUT2D eigenvalue weighted by molar-refractivity contribution is -0.514. The normalized spacial score (nSPS) is 12.4. The first-order chi connectivity index (χ1) is 17.8. The van der Waals surface area contributed by atoms with E-state index in [9.17, 15) is 35.9 Å². The first kappa shape index (κ1) is 28.7. The minimum Gasteiger partial charge on any atom is -0.493 e. The minimum absolute atomic E-state index is 0.0347. The Morgan fingerprint density at radius 2 is 1.53 bits per heavy atom. The molecule has 1 aromatic heterocycles. The summed E-state index contributed by atoms with van der Waals surface area (Å²) in [6.07, 6.45) is -17.1. The molecule has 0 aliphatic rings. The van der Waals surface area contributed by atoms with Gasteiger partial charge in [-0.1, -0.05) is 36.9 Å². The lowest BCUT2D eigenvalue weighted by atomic mass is 10.1. The van der Waals surface area contributed by atoms with Gasteiger partial charge in [-0.15, -0.1) is 8.78 Å². The van der Waals surface area contributed by atoms with Crippen molar-refractivity contribution in [3.05, 3.63) is 77.7 Å². The van der Waals surface area contributed by atoms with Crippen LogP contribution in [0.1, 0.15) is 12.8 Å². The zero-order valence-corrected chi connectivity index (χ0v) is 19.4. The zero-order valence-electron chi connectivity index (χ0n) is 19.4. The van der Waals surface area contributed by atoms with Crippen molar-refractivity contribution in [2.45, 2.75) is 31.4 Å². The highest BCUT2D eigenvalue weighted by atomic mass is 19.3. The molecule has 204 valence electrons. The van der Waals surface area contributed by atoms with Crippen LogP contribution in [0.4, 0.5) is 26.3 Å². The number of rotatable bonds is 13. The number of carbonyl (C=O) groups excluding carboxylic acids is 1. The summed E-state index contributed by atoms with van der Waals surface area (Å²) in [5.74, 6) is -1.13. The molecule has 0 N–H and O–H groups in total. The number of carbonyl (C=O) groups is 1. The number of alkyl halides is 6. The molecule has 38 heavy (non-hydrogen) atoms. The van der Waals surface area contributed by atoms with Crippen molar-refractivity contribution in [3.63, 3.8) is 0 Å².